The van der Waals surface area contributed by atoms with Crippen molar-refractivity contribution in [3.8, 4) is 23.1 Å². The lowest BCUT2D eigenvalue weighted by Crippen LogP contribution is -2.06. The van der Waals surface area contributed by atoms with E-state index in [1.165, 1.54) is 12.3 Å². The van der Waals surface area contributed by atoms with E-state index in [1.54, 1.807) is 6.20 Å². The predicted octanol–water partition coefficient (Wildman–Crippen LogP) is 2.73. The average molecular weight is 295 g/mol. The molecule has 0 spiro atoms. The molecule has 6 nitrogen and oxygen atoms in total. The van der Waals surface area contributed by atoms with Gasteiger partial charge in [0, 0.05) is 23.6 Å². The number of H-pyrrole nitrogens is 1. The van der Waals surface area contributed by atoms with Crippen LogP contribution in [-0.2, 0) is 6.18 Å². The first-order valence-corrected chi connectivity index (χ1v) is 5.75. The van der Waals surface area contributed by atoms with Gasteiger partial charge < -0.3 is 15.2 Å². The molecule has 0 aliphatic rings. The van der Waals surface area contributed by atoms with Crippen molar-refractivity contribution >= 4 is 5.69 Å². The number of nitrogen functional groups attached to an aromatic ring is 1. The van der Waals surface area contributed by atoms with Crippen molar-refractivity contribution in [2.75, 3.05) is 5.73 Å². The predicted molar refractivity (Wildman–Crippen MR) is 66.7 cm³/mol. The maximum absolute atomic E-state index is 12.8. The van der Waals surface area contributed by atoms with Crippen LogP contribution in [0.15, 0.2) is 35.1 Å². The van der Waals surface area contributed by atoms with E-state index in [-0.39, 0.29) is 23.0 Å². The third kappa shape index (κ3) is 2.57. The number of aromatic nitrogens is 4. The summed E-state index contributed by atoms with van der Waals surface area (Å²) in [7, 11) is 0. The second-order valence-electron chi connectivity index (χ2n) is 4.20. The monoisotopic (exact) mass is 295 g/mol. The minimum Gasteiger partial charge on any atom is -0.399 e. The Bertz CT molecular complexity index is 764. The highest BCUT2D eigenvalue weighted by Crippen LogP contribution is 2.34. The maximum Gasteiger partial charge on any atom is 0.416 e. The molecule has 2 aromatic heterocycles. The molecule has 0 amide bonds. The van der Waals surface area contributed by atoms with Crippen LogP contribution in [0.4, 0.5) is 18.9 Å². The Morgan fingerprint density at radius 2 is 2.00 bits per heavy atom. The largest absolute Gasteiger partial charge is 0.416 e. The van der Waals surface area contributed by atoms with Crippen molar-refractivity contribution in [2.24, 2.45) is 0 Å². The minimum absolute atomic E-state index is 0.0439. The number of aromatic amines is 1. The number of benzene rings is 1. The topological polar surface area (TPSA) is 93.6 Å². The smallest absolute Gasteiger partial charge is 0.399 e. The van der Waals surface area contributed by atoms with Gasteiger partial charge in [0.1, 0.15) is 0 Å². The summed E-state index contributed by atoms with van der Waals surface area (Å²) in [5, 5.41) is 3.65. The zero-order chi connectivity index (χ0) is 15.0. The molecule has 0 radical (unpaired) electrons. The van der Waals surface area contributed by atoms with Crippen LogP contribution < -0.4 is 5.73 Å². The Morgan fingerprint density at radius 3 is 2.67 bits per heavy atom. The first-order valence-electron chi connectivity index (χ1n) is 5.75. The van der Waals surface area contributed by atoms with Gasteiger partial charge in [-0.15, -0.1) is 0 Å². The van der Waals surface area contributed by atoms with Crippen LogP contribution in [0.3, 0.4) is 0 Å². The number of nitrogens with one attached hydrogen (secondary N) is 1. The van der Waals surface area contributed by atoms with Crippen LogP contribution in [0.5, 0.6) is 0 Å². The maximum atomic E-state index is 12.8. The number of anilines is 1. The van der Waals surface area contributed by atoms with Gasteiger partial charge in [-0.2, -0.15) is 18.2 Å². The van der Waals surface area contributed by atoms with Gasteiger partial charge in [0.05, 0.1) is 5.56 Å². The summed E-state index contributed by atoms with van der Waals surface area (Å²) in [5.74, 6) is 0.426. The Labute approximate surface area is 115 Å². The lowest BCUT2D eigenvalue weighted by molar-refractivity contribution is -0.137. The van der Waals surface area contributed by atoms with Crippen LogP contribution in [0.25, 0.3) is 23.1 Å². The molecule has 0 aliphatic carbocycles. The number of imidazole rings is 1. The SMILES string of the molecule is Nc1cc(-c2nc(-c3ncc[nH]3)no2)cc(C(F)(F)F)c1. The van der Waals surface area contributed by atoms with Crippen LogP contribution in [-0.4, -0.2) is 20.1 Å². The normalized spacial score (nSPS) is 11.8. The molecular formula is C12H8F3N5O. The van der Waals surface area contributed by atoms with Gasteiger partial charge in [0.2, 0.25) is 5.82 Å². The highest BCUT2D eigenvalue weighted by molar-refractivity contribution is 5.63. The van der Waals surface area contributed by atoms with Crippen molar-refractivity contribution in [1.29, 1.82) is 0 Å². The van der Waals surface area contributed by atoms with E-state index in [1.807, 2.05) is 0 Å². The third-order valence-electron chi connectivity index (χ3n) is 2.67. The van der Waals surface area contributed by atoms with Crippen molar-refractivity contribution in [3.05, 3.63) is 36.2 Å². The highest BCUT2D eigenvalue weighted by atomic mass is 19.4. The summed E-state index contributed by atoms with van der Waals surface area (Å²) < 4.78 is 43.2. The fraction of sp³-hybridized carbons (Fsp3) is 0.0833. The van der Waals surface area contributed by atoms with Crippen LogP contribution >= 0.6 is 0 Å². The van der Waals surface area contributed by atoms with Crippen molar-refractivity contribution in [1.82, 2.24) is 20.1 Å². The molecule has 1 aromatic carbocycles. The van der Waals surface area contributed by atoms with Gasteiger partial charge in [0.15, 0.2) is 5.82 Å². The van der Waals surface area contributed by atoms with Crippen LogP contribution in [0.1, 0.15) is 5.56 Å². The first kappa shape index (κ1) is 13.2. The second-order valence-corrected chi connectivity index (χ2v) is 4.20. The summed E-state index contributed by atoms with van der Waals surface area (Å²) in [6, 6.07) is 3.07. The summed E-state index contributed by atoms with van der Waals surface area (Å²) in [4.78, 5) is 10.7. The first-order chi connectivity index (χ1) is 9.93. The summed E-state index contributed by atoms with van der Waals surface area (Å²) >= 11 is 0. The number of nitrogens with zero attached hydrogens (tertiary/aromatic N) is 3. The van der Waals surface area contributed by atoms with Gasteiger partial charge in [-0.25, -0.2) is 4.98 Å². The van der Waals surface area contributed by atoms with Gasteiger partial charge in [0.25, 0.3) is 5.89 Å². The Balaban J connectivity index is 2.03. The Hall–Kier alpha value is -2.84. The number of halogens is 3. The molecule has 0 aliphatic heterocycles. The third-order valence-corrected chi connectivity index (χ3v) is 2.67. The van der Waals surface area contributed by atoms with Crippen molar-refractivity contribution in [2.45, 2.75) is 6.18 Å². The van der Waals surface area contributed by atoms with E-state index in [2.05, 4.69) is 20.1 Å². The molecule has 3 aromatic rings. The van der Waals surface area contributed by atoms with Gasteiger partial charge in [-0.1, -0.05) is 5.16 Å². The van der Waals surface area contributed by atoms with E-state index < -0.39 is 11.7 Å². The summed E-state index contributed by atoms with van der Waals surface area (Å²) in [5.41, 5.74) is 4.65. The number of alkyl halides is 3. The molecule has 3 N–H and O–H groups in total. The molecule has 3 rings (SSSR count). The second kappa shape index (κ2) is 4.62. The molecule has 0 fully saturated rings. The lowest BCUT2D eigenvalue weighted by Gasteiger charge is -2.08. The van der Waals surface area contributed by atoms with Crippen LogP contribution in [0, 0.1) is 0 Å². The Kier molecular flexibility index (Phi) is 2.89. The number of hydrogen-bond acceptors (Lipinski definition) is 5. The molecule has 21 heavy (non-hydrogen) atoms. The van der Waals surface area contributed by atoms with Crippen molar-refractivity contribution in [3.63, 3.8) is 0 Å². The van der Waals surface area contributed by atoms with Crippen LogP contribution in [0.2, 0.25) is 0 Å². The minimum atomic E-state index is -4.51. The van der Waals surface area contributed by atoms with Gasteiger partial charge in [-0.05, 0) is 18.2 Å². The highest BCUT2D eigenvalue weighted by Gasteiger charge is 2.31. The molecule has 0 atom stereocenters. The fourth-order valence-corrected chi connectivity index (χ4v) is 1.76. The van der Waals surface area contributed by atoms with Crippen molar-refractivity contribution < 1.29 is 17.7 Å². The molecule has 2 heterocycles. The average Bonchev–Trinajstić information content (AvgIpc) is 3.08. The standard InChI is InChI=1S/C12H8F3N5O/c13-12(14,15)7-3-6(4-8(16)5-7)11-19-10(20-21-11)9-17-1-2-18-9/h1-5H,16H2,(H,17,18). The van der Waals surface area contributed by atoms with E-state index in [0.29, 0.717) is 5.82 Å². The quantitative estimate of drug-likeness (QED) is 0.709. The summed E-state index contributed by atoms with van der Waals surface area (Å²) in [6.07, 6.45) is -1.45. The number of nitrogens with two attached hydrogens (primary N) is 1. The Morgan fingerprint density at radius 1 is 1.19 bits per heavy atom. The number of hydrogen-bond donors (Lipinski definition) is 2. The van der Waals surface area contributed by atoms with E-state index in [0.717, 1.165) is 12.1 Å². The molecule has 9 heteroatoms. The molecule has 0 unspecified atom stereocenters. The molecule has 0 saturated carbocycles. The van der Waals surface area contributed by atoms with Gasteiger partial charge >= 0.3 is 6.18 Å². The van der Waals surface area contributed by atoms with Gasteiger partial charge in [-0.3, -0.25) is 0 Å². The fourth-order valence-electron chi connectivity index (χ4n) is 1.76. The summed E-state index contributed by atoms with van der Waals surface area (Å²) in [6.45, 7) is 0. The lowest BCUT2D eigenvalue weighted by atomic mass is 10.1. The molecule has 0 bridgehead atoms. The molecule has 0 saturated heterocycles. The molecular weight excluding hydrogens is 287 g/mol. The molecule has 108 valence electrons. The van der Waals surface area contributed by atoms with E-state index in [9.17, 15) is 13.2 Å². The van der Waals surface area contributed by atoms with E-state index >= 15 is 0 Å². The van der Waals surface area contributed by atoms with E-state index in [4.69, 9.17) is 10.3 Å². The number of rotatable bonds is 2. The zero-order valence-corrected chi connectivity index (χ0v) is 10.3. The zero-order valence-electron chi connectivity index (χ0n) is 10.3.